The highest BCUT2D eigenvalue weighted by atomic mass is 16.6. The summed E-state index contributed by atoms with van der Waals surface area (Å²) >= 11 is 0. The number of rotatable bonds is 4. The van der Waals surface area contributed by atoms with E-state index in [0.717, 1.165) is 5.56 Å². The minimum Gasteiger partial charge on any atom is -0.444 e. The number of amides is 1. The number of benzene rings is 1. The number of carbonyl (C=O) groups is 1. The van der Waals surface area contributed by atoms with Crippen molar-refractivity contribution >= 4 is 6.09 Å². The molecule has 1 aromatic rings. The molecular formula is C16H25NO3. The molecule has 0 aliphatic heterocycles. The minimum absolute atomic E-state index is 0.0161. The quantitative estimate of drug-likeness (QED) is 0.890. The molecule has 0 unspecified atom stereocenters. The van der Waals surface area contributed by atoms with Crippen molar-refractivity contribution in [2.75, 3.05) is 6.61 Å². The first-order chi connectivity index (χ1) is 9.21. The Balaban J connectivity index is 3.05. The number of aliphatic hydroxyl groups excluding tert-OH is 1. The Morgan fingerprint density at radius 2 is 1.80 bits per heavy atom. The Labute approximate surface area is 121 Å². The summed E-state index contributed by atoms with van der Waals surface area (Å²) < 4.78 is 5.31. The Morgan fingerprint density at radius 3 is 2.20 bits per heavy atom. The number of hydrogen-bond acceptors (Lipinski definition) is 3. The summed E-state index contributed by atoms with van der Waals surface area (Å²) in [6.45, 7) is 9.16. The molecule has 1 amide bonds. The van der Waals surface area contributed by atoms with Crippen LogP contribution in [-0.2, 0) is 10.3 Å². The lowest BCUT2D eigenvalue weighted by atomic mass is 9.80. The van der Waals surface area contributed by atoms with Crippen LogP contribution in [0.1, 0.15) is 40.2 Å². The van der Waals surface area contributed by atoms with Gasteiger partial charge in [0.1, 0.15) is 5.60 Å². The molecule has 4 heteroatoms. The van der Waals surface area contributed by atoms with Gasteiger partial charge in [-0.3, -0.25) is 0 Å². The predicted molar refractivity (Wildman–Crippen MR) is 79.4 cm³/mol. The molecule has 0 aliphatic carbocycles. The van der Waals surface area contributed by atoms with E-state index in [1.165, 1.54) is 0 Å². The van der Waals surface area contributed by atoms with Gasteiger partial charge in [0.2, 0.25) is 0 Å². The summed E-state index contributed by atoms with van der Waals surface area (Å²) in [7, 11) is 0. The molecule has 0 aromatic heterocycles. The molecule has 1 rings (SSSR count). The van der Waals surface area contributed by atoms with E-state index in [0.29, 0.717) is 0 Å². The minimum atomic E-state index is -0.844. The lowest BCUT2D eigenvalue weighted by molar-refractivity contribution is 0.0321. The summed E-state index contributed by atoms with van der Waals surface area (Å²) in [6.07, 6.45) is -0.524. The number of nitrogens with one attached hydrogen (secondary N) is 1. The Morgan fingerprint density at radius 1 is 1.25 bits per heavy atom. The summed E-state index contributed by atoms with van der Waals surface area (Å²) in [5, 5.41) is 12.7. The van der Waals surface area contributed by atoms with Crippen molar-refractivity contribution in [1.29, 1.82) is 0 Å². The van der Waals surface area contributed by atoms with Gasteiger partial charge in [0, 0.05) is 0 Å². The van der Waals surface area contributed by atoms with Crippen LogP contribution in [0.2, 0.25) is 0 Å². The molecule has 0 saturated carbocycles. The highest BCUT2D eigenvalue weighted by Crippen LogP contribution is 2.29. The Hall–Kier alpha value is -1.55. The van der Waals surface area contributed by atoms with E-state index in [4.69, 9.17) is 4.74 Å². The second-order valence-electron chi connectivity index (χ2n) is 6.28. The zero-order valence-electron chi connectivity index (χ0n) is 12.9. The van der Waals surface area contributed by atoms with Gasteiger partial charge in [-0.1, -0.05) is 44.2 Å². The van der Waals surface area contributed by atoms with E-state index in [9.17, 15) is 9.90 Å². The second-order valence-corrected chi connectivity index (χ2v) is 6.28. The SMILES string of the molecule is CC(C)[C@@](CO)(NC(=O)OC(C)(C)C)c1ccccc1. The maximum absolute atomic E-state index is 12.1. The topological polar surface area (TPSA) is 58.6 Å². The van der Waals surface area contributed by atoms with E-state index < -0.39 is 17.2 Å². The average molecular weight is 279 g/mol. The number of carbonyl (C=O) groups excluding carboxylic acids is 1. The zero-order valence-corrected chi connectivity index (χ0v) is 12.9. The molecule has 0 heterocycles. The molecular weight excluding hydrogens is 254 g/mol. The van der Waals surface area contributed by atoms with Crippen LogP contribution in [0.5, 0.6) is 0 Å². The number of aliphatic hydroxyl groups is 1. The first kappa shape index (κ1) is 16.5. The van der Waals surface area contributed by atoms with Crippen LogP contribution >= 0.6 is 0 Å². The summed E-state index contributed by atoms with van der Waals surface area (Å²) in [4.78, 5) is 12.1. The third-order valence-corrected chi connectivity index (χ3v) is 3.25. The third kappa shape index (κ3) is 3.97. The van der Waals surface area contributed by atoms with Gasteiger partial charge in [0.05, 0.1) is 12.1 Å². The summed E-state index contributed by atoms with van der Waals surface area (Å²) in [5.74, 6) is 0.0161. The molecule has 0 radical (unpaired) electrons. The van der Waals surface area contributed by atoms with E-state index in [2.05, 4.69) is 5.32 Å². The van der Waals surface area contributed by atoms with Gasteiger partial charge in [-0.2, -0.15) is 0 Å². The van der Waals surface area contributed by atoms with Crippen LogP contribution in [0.3, 0.4) is 0 Å². The van der Waals surface area contributed by atoms with Crippen molar-refractivity contribution in [3.63, 3.8) is 0 Å². The fraction of sp³-hybridized carbons (Fsp3) is 0.562. The van der Waals surface area contributed by atoms with Crippen molar-refractivity contribution in [2.45, 2.75) is 45.8 Å². The van der Waals surface area contributed by atoms with E-state index in [-0.39, 0.29) is 12.5 Å². The van der Waals surface area contributed by atoms with Crippen LogP contribution in [0.4, 0.5) is 4.79 Å². The molecule has 20 heavy (non-hydrogen) atoms. The highest BCUT2D eigenvalue weighted by Gasteiger charge is 2.38. The van der Waals surface area contributed by atoms with Crippen molar-refractivity contribution in [3.05, 3.63) is 35.9 Å². The van der Waals surface area contributed by atoms with Crippen LogP contribution in [0.25, 0.3) is 0 Å². The summed E-state index contributed by atoms with van der Waals surface area (Å²) in [5.41, 5.74) is -0.550. The lowest BCUT2D eigenvalue weighted by Crippen LogP contribution is -2.53. The molecule has 4 nitrogen and oxygen atoms in total. The fourth-order valence-electron chi connectivity index (χ4n) is 2.08. The van der Waals surface area contributed by atoms with Crippen molar-refractivity contribution in [1.82, 2.24) is 5.32 Å². The number of ether oxygens (including phenoxy) is 1. The van der Waals surface area contributed by atoms with Crippen molar-refractivity contribution < 1.29 is 14.6 Å². The van der Waals surface area contributed by atoms with E-state index in [1.54, 1.807) is 0 Å². The standard InChI is InChI=1S/C16H25NO3/c1-12(2)16(11-18,13-9-7-6-8-10-13)17-14(19)20-15(3,4)5/h6-10,12,18H,11H2,1-5H3,(H,17,19)/t16-/m1/s1. The van der Waals surface area contributed by atoms with Gasteiger partial charge in [-0.15, -0.1) is 0 Å². The van der Waals surface area contributed by atoms with Crippen LogP contribution in [0, 0.1) is 5.92 Å². The number of alkyl carbamates (subject to hydrolysis) is 1. The third-order valence-electron chi connectivity index (χ3n) is 3.25. The van der Waals surface area contributed by atoms with E-state index >= 15 is 0 Å². The molecule has 1 aromatic carbocycles. The smallest absolute Gasteiger partial charge is 0.408 e. The van der Waals surface area contributed by atoms with Gasteiger partial charge in [-0.25, -0.2) is 4.79 Å². The van der Waals surface area contributed by atoms with Gasteiger partial charge in [0.25, 0.3) is 0 Å². The molecule has 0 saturated heterocycles. The lowest BCUT2D eigenvalue weighted by Gasteiger charge is -2.37. The maximum Gasteiger partial charge on any atom is 0.408 e. The molecule has 0 bridgehead atoms. The van der Waals surface area contributed by atoms with Crippen LogP contribution in [-0.4, -0.2) is 23.4 Å². The molecule has 1 atom stereocenters. The van der Waals surface area contributed by atoms with Gasteiger partial charge >= 0.3 is 6.09 Å². The average Bonchev–Trinajstić information content (AvgIpc) is 2.34. The zero-order chi connectivity index (χ0) is 15.4. The van der Waals surface area contributed by atoms with Gasteiger partial charge in [0.15, 0.2) is 0 Å². The first-order valence-corrected chi connectivity index (χ1v) is 6.89. The van der Waals surface area contributed by atoms with Crippen molar-refractivity contribution in [2.24, 2.45) is 5.92 Å². The highest BCUT2D eigenvalue weighted by molar-refractivity contribution is 5.69. The van der Waals surface area contributed by atoms with Gasteiger partial charge < -0.3 is 15.2 Å². The van der Waals surface area contributed by atoms with Crippen molar-refractivity contribution in [3.8, 4) is 0 Å². The Bertz CT molecular complexity index is 437. The monoisotopic (exact) mass is 279 g/mol. The Kier molecular flexibility index (Phi) is 5.17. The van der Waals surface area contributed by atoms with Crippen LogP contribution in [0.15, 0.2) is 30.3 Å². The summed E-state index contributed by atoms with van der Waals surface area (Å²) in [6, 6.07) is 9.47. The largest absolute Gasteiger partial charge is 0.444 e. The molecule has 0 fully saturated rings. The normalized spacial score (nSPS) is 14.8. The maximum atomic E-state index is 12.1. The first-order valence-electron chi connectivity index (χ1n) is 6.89. The second kappa shape index (κ2) is 6.27. The molecule has 2 N–H and O–H groups in total. The fourth-order valence-corrected chi connectivity index (χ4v) is 2.08. The predicted octanol–water partition coefficient (Wildman–Crippen LogP) is 3.05. The molecule has 0 aliphatic rings. The number of hydrogen-bond donors (Lipinski definition) is 2. The molecule has 0 spiro atoms. The van der Waals surface area contributed by atoms with Crippen LogP contribution < -0.4 is 5.32 Å². The van der Waals surface area contributed by atoms with E-state index in [1.807, 2.05) is 65.0 Å². The molecule has 112 valence electrons. The van der Waals surface area contributed by atoms with Gasteiger partial charge in [-0.05, 0) is 32.3 Å².